The van der Waals surface area contributed by atoms with Crippen molar-refractivity contribution < 1.29 is 27.1 Å². The monoisotopic (exact) mass is 485 g/mol. The van der Waals surface area contributed by atoms with Gasteiger partial charge in [0, 0.05) is 23.5 Å². The summed E-state index contributed by atoms with van der Waals surface area (Å²) in [6, 6.07) is 17.7. The molecular formula is C24H24FN3O5S. The Labute approximate surface area is 197 Å². The Balaban J connectivity index is 1.67. The normalized spacial score (nSPS) is 11.2. The summed E-state index contributed by atoms with van der Waals surface area (Å²) in [5.41, 5.74) is 0.478. The van der Waals surface area contributed by atoms with Gasteiger partial charge < -0.3 is 15.4 Å². The minimum atomic E-state index is -3.90. The first-order chi connectivity index (χ1) is 16.1. The zero-order valence-corrected chi connectivity index (χ0v) is 19.4. The predicted octanol–water partition coefficient (Wildman–Crippen LogP) is 3.78. The van der Waals surface area contributed by atoms with Gasteiger partial charge in [0.1, 0.15) is 11.6 Å². The Morgan fingerprint density at radius 3 is 2.32 bits per heavy atom. The van der Waals surface area contributed by atoms with Gasteiger partial charge in [0.05, 0.1) is 10.5 Å². The molecule has 3 N–H and O–H groups in total. The highest BCUT2D eigenvalue weighted by Gasteiger charge is 2.20. The van der Waals surface area contributed by atoms with Crippen LogP contribution in [0.15, 0.2) is 77.7 Å². The SMILES string of the molecule is CC(C)NS(=O)(=O)c1ccc(F)c(C(=O)Nc2cccc(OCC(=O)Nc3ccccc3)c2)c1. The summed E-state index contributed by atoms with van der Waals surface area (Å²) in [7, 11) is -3.90. The molecule has 0 aliphatic heterocycles. The van der Waals surface area contributed by atoms with Gasteiger partial charge in [0.25, 0.3) is 11.8 Å². The van der Waals surface area contributed by atoms with Gasteiger partial charge in [-0.3, -0.25) is 9.59 Å². The number of hydrogen-bond acceptors (Lipinski definition) is 5. The van der Waals surface area contributed by atoms with Crippen LogP contribution >= 0.6 is 0 Å². The Bertz CT molecular complexity index is 1280. The second-order valence-corrected chi connectivity index (χ2v) is 9.32. The number of para-hydroxylation sites is 1. The number of halogens is 1. The zero-order valence-electron chi connectivity index (χ0n) is 18.5. The number of nitrogens with one attached hydrogen (secondary N) is 3. The molecular weight excluding hydrogens is 461 g/mol. The second kappa shape index (κ2) is 10.9. The maximum atomic E-state index is 14.3. The van der Waals surface area contributed by atoms with Crippen LogP contribution in [0.3, 0.4) is 0 Å². The number of sulfonamides is 1. The molecule has 0 aliphatic carbocycles. The van der Waals surface area contributed by atoms with Crippen molar-refractivity contribution in [2.75, 3.05) is 17.2 Å². The van der Waals surface area contributed by atoms with Crippen molar-refractivity contribution in [1.82, 2.24) is 4.72 Å². The molecule has 0 fully saturated rings. The van der Waals surface area contributed by atoms with Crippen LogP contribution < -0.4 is 20.1 Å². The van der Waals surface area contributed by atoms with Crippen LogP contribution in [0.25, 0.3) is 0 Å². The first kappa shape index (κ1) is 24.9. The number of hydrogen-bond donors (Lipinski definition) is 3. The van der Waals surface area contributed by atoms with E-state index in [1.807, 2.05) is 6.07 Å². The van der Waals surface area contributed by atoms with Crippen molar-refractivity contribution in [2.24, 2.45) is 0 Å². The molecule has 0 saturated heterocycles. The summed E-state index contributed by atoms with van der Waals surface area (Å²) in [5, 5.41) is 5.20. The number of carbonyl (C=O) groups excluding carboxylic acids is 2. The molecule has 0 aromatic heterocycles. The van der Waals surface area contributed by atoms with Gasteiger partial charge in [-0.2, -0.15) is 0 Å². The third kappa shape index (κ3) is 6.87. The van der Waals surface area contributed by atoms with E-state index in [2.05, 4.69) is 15.4 Å². The molecule has 0 unspecified atom stereocenters. The fraction of sp³-hybridized carbons (Fsp3) is 0.167. The lowest BCUT2D eigenvalue weighted by molar-refractivity contribution is -0.118. The van der Waals surface area contributed by atoms with Gasteiger partial charge >= 0.3 is 0 Å². The average Bonchev–Trinajstić information content (AvgIpc) is 2.78. The van der Waals surface area contributed by atoms with Crippen LogP contribution in [0, 0.1) is 5.82 Å². The molecule has 0 radical (unpaired) electrons. The van der Waals surface area contributed by atoms with Crippen molar-refractivity contribution in [1.29, 1.82) is 0 Å². The Morgan fingerprint density at radius 1 is 0.912 bits per heavy atom. The summed E-state index contributed by atoms with van der Waals surface area (Å²) in [6.07, 6.45) is 0. The van der Waals surface area contributed by atoms with Crippen LogP contribution in [-0.4, -0.2) is 32.9 Å². The molecule has 3 aromatic carbocycles. The highest BCUT2D eigenvalue weighted by molar-refractivity contribution is 7.89. The highest BCUT2D eigenvalue weighted by Crippen LogP contribution is 2.21. The van der Waals surface area contributed by atoms with E-state index in [-0.39, 0.29) is 29.1 Å². The quantitative estimate of drug-likeness (QED) is 0.427. The maximum Gasteiger partial charge on any atom is 0.262 e. The van der Waals surface area contributed by atoms with Gasteiger partial charge in [-0.25, -0.2) is 17.5 Å². The molecule has 3 aromatic rings. The number of rotatable bonds is 9. The molecule has 34 heavy (non-hydrogen) atoms. The van der Waals surface area contributed by atoms with Gasteiger partial charge in [0.2, 0.25) is 10.0 Å². The number of amides is 2. The van der Waals surface area contributed by atoms with E-state index in [0.29, 0.717) is 11.4 Å². The standard InChI is InChI=1S/C24H24FN3O5S/c1-16(2)28-34(31,32)20-11-12-22(25)21(14-20)24(30)27-18-9-6-10-19(13-18)33-15-23(29)26-17-7-4-3-5-8-17/h3-14,16,28H,15H2,1-2H3,(H,26,29)(H,27,30). The molecule has 8 nitrogen and oxygen atoms in total. The van der Waals surface area contributed by atoms with E-state index in [4.69, 9.17) is 4.74 Å². The molecule has 0 atom stereocenters. The van der Waals surface area contributed by atoms with Crippen LogP contribution in [0.4, 0.5) is 15.8 Å². The molecule has 0 spiro atoms. The number of ether oxygens (including phenoxy) is 1. The minimum absolute atomic E-state index is 0.228. The second-order valence-electron chi connectivity index (χ2n) is 7.60. The van der Waals surface area contributed by atoms with Gasteiger partial charge in [-0.15, -0.1) is 0 Å². The fourth-order valence-electron chi connectivity index (χ4n) is 2.95. The number of benzene rings is 3. The van der Waals surface area contributed by atoms with Crippen molar-refractivity contribution in [3.63, 3.8) is 0 Å². The smallest absolute Gasteiger partial charge is 0.262 e. The van der Waals surface area contributed by atoms with Gasteiger partial charge in [-0.05, 0) is 56.3 Å². The maximum absolute atomic E-state index is 14.3. The summed E-state index contributed by atoms with van der Waals surface area (Å²) < 4.78 is 46.9. The van der Waals surface area contributed by atoms with Crippen molar-refractivity contribution in [2.45, 2.75) is 24.8 Å². The van der Waals surface area contributed by atoms with E-state index in [9.17, 15) is 22.4 Å². The lowest BCUT2D eigenvalue weighted by Gasteiger charge is -2.12. The zero-order chi connectivity index (χ0) is 24.7. The fourth-order valence-corrected chi connectivity index (χ4v) is 4.23. The van der Waals surface area contributed by atoms with Crippen LogP contribution in [0.2, 0.25) is 0 Å². The molecule has 2 amide bonds. The number of anilines is 2. The molecule has 0 bridgehead atoms. The summed E-state index contributed by atoms with van der Waals surface area (Å²) in [5.74, 6) is -1.77. The summed E-state index contributed by atoms with van der Waals surface area (Å²) in [4.78, 5) is 24.5. The third-order valence-corrected chi connectivity index (χ3v) is 6.06. The summed E-state index contributed by atoms with van der Waals surface area (Å²) in [6.45, 7) is 3.04. The molecule has 0 saturated carbocycles. The van der Waals surface area contributed by atoms with E-state index in [1.54, 1.807) is 56.3 Å². The van der Waals surface area contributed by atoms with E-state index >= 15 is 0 Å². The van der Waals surface area contributed by atoms with Crippen LogP contribution in [-0.2, 0) is 14.8 Å². The lowest BCUT2D eigenvalue weighted by atomic mass is 10.2. The molecule has 10 heteroatoms. The highest BCUT2D eigenvalue weighted by atomic mass is 32.2. The van der Waals surface area contributed by atoms with Crippen molar-refractivity contribution in [3.05, 3.63) is 84.2 Å². The topological polar surface area (TPSA) is 114 Å². The predicted molar refractivity (Wildman–Crippen MR) is 127 cm³/mol. The molecule has 178 valence electrons. The molecule has 3 rings (SSSR count). The van der Waals surface area contributed by atoms with Gasteiger partial charge in [-0.1, -0.05) is 24.3 Å². The number of carbonyl (C=O) groups is 2. The minimum Gasteiger partial charge on any atom is -0.484 e. The molecule has 0 heterocycles. The van der Waals surface area contributed by atoms with Crippen molar-refractivity contribution >= 4 is 33.2 Å². The van der Waals surface area contributed by atoms with Crippen LogP contribution in [0.1, 0.15) is 24.2 Å². The first-order valence-electron chi connectivity index (χ1n) is 10.3. The first-order valence-corrected chi connectivity index (χ1v) is 11.8. The lowest BCUT2D eigenvalue weighted by Crippen LogP contribution is -2.30. The summed E-state index contributed by atoms with van der Waals surface area (Å²) >= 11 is 0. The largest absolute Gasteiger partial charge is 0.484 e. The average molecular weight is 486 g/mol. The van der Waals surface area contributed by atoms with Crippen molar-refractivity contribution in [3.8, 4) is 5.75 Å². The van der Waals surface area contributed by atoms with Crippen LogP contribution in [0.5, 0.6) is 5.75 Å². The Morgan fingerprint density at radius 2 is 1.62 bits per heavy atom. The van der Waals surface area contributed by atoms with E-state index in [0.717, 1.165) is 18.2 Å². The van der Waals surface area contributed by atoms with E-state index in [1.165, 1.54) is 6.07 Å². The molecule has 0 aliphatic rings. The van der Waals surface area contributed by atoms with E-state index < -0.39 is 27.3 Å². The Hall–Kier alpha value is -3.76. The third-order valence-electron chi connectivity index (χ3n) is 4.40. The Kier molecular flexibility index (Phi) is 7.98. The van der Waals surface area contributed by atoms with Gasteiger partial charge in [0.15, 0.2) is 6.61 Å².